The lowest BCUT2D eigenvalue weighted by Crippen LogP contribution is -2.28. The van der Waals surface area contributed by atoms with Gasteiger partial charge in [0.15, 0.2) is 5.17 Å². The van der Waals surface area contributed by atoms with E-state index in [4.69, 9.17) is 0 Å². The zero-order valence-corrected chi connectivity index (χ0v) is 14.1. The SMILES string of the molecule is O=C1N=C(N2CCCCCC2)S/C1=C/c1cccc(Br)c1. The second kappa shape index (κ2) is 6.79. The van der Waals surface area contributed by atoms with Gasteiger partial charge in [-0.2, -0.15) is 4.99 Å². The molecule has 21 heavy (non-hydrogen) atoms. The molecule has 3 rings (SSSR count). The third-order valence-corrected chi connectivity index (χ3v) is 5.17. The van der Waals surface area contributed by atoms with E-state index in [0.29, 0.717) is 4.91 Å². The molecule has 1 saturated heterocycles. The minimum atomic E-state index is -0.112. The maximum absolute atomic E-state index is 12.1. The first-order chi connectivity index (χ1) is 10.2. The third-order valence-electron chi connectivity index (χ3n) is 3.63. The number of amidine groups is 1. The quantitative estimate of drug-likeness (QED) is 0.696. The predicted molar refractivity (Wildman–Crippen MR) is 92.2 cm³/mol. The molecule has 0 atom stereocenters. The molecule has 0 saturated carbocycles. The zero-order chi connectivity index (χ0) is 14.7. The Kier molecular flexibility index (Phi) is 4.80. The average Bonchev–Trinajstić information content (AvgIpc) is 2.68. The molecule has 3 nitrogen and oxygen atoms in total. The number of carbonyl (C=O) groups is 1. The largest absolute Gasteiger partial charge is 0.351 e. The van der Waals surface area contributed by atoms with Crippen molar-refractivity contribution in [2.24, 2.45) is 4.99 Å². The molecular formula is C16H17BrN2OS. The Hall–Kier alpha value is -1.07. The van der Waals surface area contributed by atoms with Crippen LogP contribution in [0.1, 0.15) is 31.2 Å². The summed E-state index contributed by atoms with van der Waals surface area (Å²) in [4.78, 5) is 19.3. The van der Waals surface area contributed by atoms with E-state index in [-0.39, 0.29) is 5.91 Å². The molecule has 2 heterocycles. The van der Waals surface area contributed by atoms with Crippen molar-refractivity contribution in [1.29, 1.82) is 0 Å². The number of nitrogens with zero attached hydrogens (tertiary/aromatic N) is 2. The van der Waals surface area contributed by atoms with Gasteiger partial charge in [0.25, 0.3) is 5.91 Å². The maximum Gasteiger partial charge on any atom is 0.286 e. The van der Waals surface area contributed by atoms with Crippen LogP contribution in [0, 0.1) is 0 Å². The summed E-state index contributed by atoms with van der Waals surface area (Å²) in [7, 11) is 0. The first-order valence-electron chi connectivity index (χ1n) is 7.25. The highest BCUT2D eigenvalue weighted by atomic mass is 79.9. The third kappa shape index (κ3) is 3.77. The highest BCUT2D eigenvalue weighted by Gasteiger charge is 2.26. The minimum Gasteiger partial charge on any atom is -0.351 e. The van der Waals surface area contributed by atoms with Crippen LogP contribution in [-0.4, -0.2) is 29.1 Å². The fraction of sp³-hybridized carbons (Fsp3) is 0.375. The summed E-state index contributed by atoms with van der Waals surface area (Å²) < 4.78 is 1.01. The second-order valence-electron chi connectivity index (χ2n) is 5.27. The van der Waals surface area contributed by atoms with Crippen molar-refractivity contribution in [1.82, 2.24) is 4.90 Å². The first-order valence-corrected chi connectivity index (χ1v) is 8.86. The number of halogens is 1. The van der Waals surface area contributed by atoms with Crippen molar-refractivity contribution in [3.8, 4) is 0 Å². The molecule has 2 aliphatic rings. The van der Waals surface area contributed by atoms with Crippen LogP contribution in [0.5, 0.6) is 0 Å². The molecule has 110 valence electrons. The van der Waals surface area contributed by atoms with Gasteiger partial charge in [0, 0.05) is 17.6 Å². The van der Waals surface area contributed by atoms with Gasteiger partial charge in [-0.15, -0.1) is 0 Å². The van der Waals surface area contributed by atoms with Gasteiger partial charge in [-0.3, -0.25) is 4.79 Å². The standard InChI is InChI=1S/C16H17BrN2OS/c17-13-7-5-6-12(10-13)11-14-15(20)18-16(21-14)19-8-3-1-2-4-9-19/h5-7,10-11H,1-4,8-9H2/b14-11+. The van der Waals surface area contributed by atoms with Crippen LogP contribution in [0.25, 0.3) is 6.08 Å². The minimum absolute atomic E-state index is 0.112. The Morgan fingerprint density at radius 2 is 1.95 bits per heavy atom. The summed E-state index contributed by atoms with van der Waals surface area (Å²) >= 11 is 4.96. The summed E-state index contributed by atoms with van der Waals surface area (Å²) in [5.41, 5.74) is 1.02. The average molecular weight is 365 g/mol. The normalized spacial score (nSPS) is 21.6. The Labute approximate surface area is 137 Å². The van der Waals surface area contributed by atoms with E-state index >= 15 is 0 Å². The Balaban J connectivity index is 1.75. The Bertz CT molecular complexity index is 604. The molecule has 0 unspecified atom stereocenters. The fourth-order valence-corrected chi connectivity index (χ4v) is 3.92. The number of thioether (sulfide) groups is 1. The van der Waals surface area contributed by atoms with Crippen molar-refractivity contribution in [2.45, 2.75) is 25.7 Å². The van der Waals surface area contributed by atoms with Crippen molar-refractivity contribution >= 4 is 44.8 Å². The maximum atomic E-state index is 12.1. The second-order valence-corrected chi connectivity index (χ2v) is 7.19. The van der Waals surface area contributed by atoms with Crippen LogP contribution in [0.3, 0.4) is 0 Å². The van der Waals surface area contributed by atoms with Gasteiger partial charge in [0.1, 0.15) is 0 Å². The van der Waals surface area contributed by atoms with E-state index in [2.05, 4.69) is 25.8 Å². The summed E-state index contributed by atoms with van der Waals surface area (Å²) in [6.45, 7) is 2.03. The van der Waals surface area contributed by atoms with Gasteiger partial charge in [-0.25, -0.2) is 0 Å². The van der Waals surface area contributed by atoms with Gasteiger partial charge in [-0.1, -0.05) is 40.9 Å². The van der Waals surface area contributed by atoms with E-state index in [1.165, 1.54) is 37.4 Å². The molecule has 5 heteroatoms. The predicted octanol–water partition coefficient (Wildman–Crippen LogP) is 4.30. The molecule has 0 N–H and O–H groups in total. The van der Waals surface area contributed by atoms with Gasteiger partial charge in [0.2, 0.25) is 0 Å². The van der Waals surface area contributed by atoms with Gasteiger partial charge in [-0.05, 0) is 48.4 Å². The molecule has 2 aliphatic heterocycles. The Morgan fingerprint density at radius 3 is 2.67 bits per heavy atom. The van der Waals surface area contributed by atoms with Crippen molar-refractivity contribution in [3.63, 3.8) is 0 Å². The monoisotopic (exact) mass is 364 g/mol. The molecule has 0 spiro atoms. The summed E-state index contributed by atoms with van der Waals surface area (Å²) in [6, 6.07) is 7.95. The molecule has 0 aliphatic carbocycles. The Morgan fingerprint density at radius 1 is 1.19 bits per heavy atom. The van der Waals surface area contributed by atoms with E-state index in [9.17, 15) is 4.79 Å². The van der Waals surface area contributed by atoms with E-state index < -0.39 is 0 Å². The van der Waals surface area contributed by atoms with Crippen LogP contribution >= 0.6 is 27.7 Å². The molecule has 1 aromatic rings. The lowest BCUT2D eigenvalue weighted by atomic mass is 10.2. The number of hydrogen-bond donors (Lipinski definition) is 0. The molecule has 1 fully saturated rings. The van der Waals surface area contributed by atoms with Gasteiger partial charge < -0.3 is 4.90 Å². The fourth-order valence-electron chi connectivity index (χ4n) is 2.54. The topological polar surface area (TPSA) is 32.7 Å². The number of benzene rings is 1. The van der Waals surface area contributed by atoms with Crippen LogP contribution in [-0.2, 0) is 4.79 Å². The molecule has 0 bridgehead atoms. The number of hydrogen-bond acceptors (Lipinski definition) is 3. The molecule has 0 radical (unpaired) electrons. The van der Waals surface area contributed by atoms with Crippen LogP contribution in [0.4, 0.5) is 0 Å². The number of aliphatic imine (C=N–C) groups is 1. The number of amides is 1. The summed E-state index contributed by atoms with van der Waals surface area (Å²) in [5, 5.41) is 0.878. The summed E-state index contributed by atoms with van der Waals surface area (Å²) in [6.07, 6.45) is 6.87. The van der Waals surface area contributed by atoms with Gasteiger partial charge >= 0.3 is 0 Å². The highest BCUT2D eigenvalue weighted by Crippen LogP contribution is 2.31. The number of likely N-dealkylation sites (tertiary alicyclic amines) is 1. The van der Waals surface area contributed by atoms with Crippen molar-refractivity contribution < 1.29 is 4.79 Å². The highest BCUT2D eigenvalue weighted by molar-refractivity contribution is 9.10. The first kappa shape index (κ1) is 14.9. The number of carbonyl (C=O) groups excluding carboxylic acids is 1. The summed E-state index contributed by atoms with van der Waals surface area (Å²) in [5.74, 6) is -0.112. The zero-order valence-electron chi connectivity index (χ0n) is 11.7. The molecule has 1 amide bonds. The van der Waals surface area contributed by atoms with E-state index in [0.717, 1.165) is 28.3 Å². The molecule has 0 aromatic heterocycles. The number of rotatable bonds is 1. The molecule has 1 aromatic carbocycles. The van der Waals surface area contributed by atoms with Crippen molar-refractivity contribution in [2.75, 3.05) is 13.1 Å². The van der Waals surface area contributed by atoms with Gasteiger partial charge in [0.05, 0.1) is 4.91 Å². The van der Waals surface area contributed by atoms with E-state index in [1.807, 2.05) is 30.3 Å². The van der Waals surface area contributed by atoms with Crippen LogP contribution < -0.4 is 0 Å². The van der Waals surface area contributed by atoms with Crippen molar-refractivity contribution in [3.05, 3.63) is 39.2 Å². The lowest BCUT2D eigenvalue weighted by molar-refractivity contribution is -0.113. The van der Waals surface area contributed by atoms with Crippen LogP contribution in [0.2, 0.25) is 0 Å². The van der Waals surface area contributed by atoms with E-state index in [1.54, 1.807) is 0 Å². The smallest absolute Gasteiger partial charge is 0.286 e. The van der Waals surface area contributed by atoms with Crippen LogP contribution in [0.15, 0.2) is 38.6 Å². The lowest BCUT2D eigenvalue weighted by Gasteiger charge is -2.20. The molecular weight excluding hydrogens is 348 g/mol.